The lowest BCUT2D eigenvalue weighted by Gasteiger charge is -2.18. The summed E-state index contributed by atoms with van der Waals surface area (Å²) < 4.78 is 31.8. The molecule has 0 spiro atoms. The SMILES string of the molecule is COc1ccc(C(N)CCC(=O)O)cc1C(C)(F)F. The van der Waals surface area contributed by atoms with Crippen LogP contribution in [0.1, 0.15) is 36.9 Å². The first-order chi connectivity index (χ1) is 8.75. The summed E-state index contributed by atoms with van der Waals surface area (Å²) in [5.74, 6) is -3.93. The molecule has 0 bridgehead atoms. The third kappa shape index (κ3) is 4.17. The topological polar surface area (TPSA) is 72.5 Å². The van der Waals surface area contributed by atoms with Crippen molar-refractivity contribution < 1.29 is 23.4 Å². The van der Waals surface area contributed by atoms with Crippen molar-refractivity contribution in [2.75, 3.05) is 7.11 Å². The zero-order valence-electron chi connectivity index (χ0n) is 10.8. The van der Waals surface area contributed by atoms with Crippen molar-refractivity contribution in [3.63, 3.8) is 0 Å². The van der Waals surface area contributed by atoms with Gasteiger partial charge in [0.05, 0.1) is 12.7 Å². The van der Waals surface area contributed by atoms with Gasteiger partial charge in [0.2, 0.25) is 0 Å². The molecule has 0 radical (unpaired) electrons. The molecular weight excluding hydrogens is 256 g/mol. The summed E-state index contributed by atoms with van der Waals surface area (Å²) in [6.07, 6.45) is 0.0848. The summed E-state index contributed by atoms with van der Waals surface area (Å²) in [6.45, 7) is 0.775. The lowest BCUT2D eigenvalue weighted by molar-refractivity contribution is -0.137. The number of rotatable bonds is 6. The van der Waals surface area contributed by atoms with Gasteiger partial charge in [-0.3, -0.25) is 4.79 Å². The van der Waals surface area contributed by atoms with Gasteiger partial charge in [-0.1, -0.05) is 6.07 Å². The first kappa shape index (κ1) is 15.4. The molecule has 1 atom stereocenters. The molecule has 3 N–H and O–H groups in total. The van der Waals surface area contributed by atoms with Gasteiger partial charge < -0.3 is 15.6 Å². The molecule has 0 aliphatic heterocycles. The van der Waals surface area contributed by atoms with E-state index < -0.39 is 17.9 Å². The highest BCUT2D eigenvalue weighted by molar-refractivity contribution is 5.66. The van der Waals surface area contributed by atoms with Gasteiger partial charge >= 0.3 is 5.97 Å². The normalized spacial score (nSPS) is 13.1. The summed E-state index contributed by atoms with van der Waals surface area (Å²) >= 11 is 0. The summed E-state index contributed by atoms with van der Waals surface area (Å²) in [5, 5.41) is 8.58. The van der Waals surface area contributed by atoms with Crippen LogP contribution in [0.25, 0.3) is 0 Å². The van der Waals surface area contributed by atoms with Crippen LogP contribution < -0.4 is 10.5 Å². The van der Waals surface area contributed by atoms with Crippen molar-refractivity contribution in [1.82, 2.24) is 0 Å². The molecule has 4 nitrogen and oxygen atoms in total. The smallest absolute Gasteiger partial charge is 0.303 e. The van der Waals surface area contributed by atoms with Crippen LogP contribution in [0, 0.1) is 0 Å². The van der Waals surface area contributed by atoms with E-state index in [1.165, 1.54) is 19.2 Å². The molecule has 0 amide bonds. The number of methoxy groups -OCH3 is 1. The van der Waals surface area contributed by atoms with Crippen LogP contribution in [-0.2, 0) is 10.7 Å². The maximum atomic E-state index is 13.4. The Morgan fingerprint density at radius 3 is 2.63 bits per heavy atom. The molecule has 0 heterocycles. The zero-order valence-corrected chi connectivity index (χ0v) is 10.8. The van der Waals surface area contributed by atoms with Gasteiger partial charge in [0.1, 0.15) is 5.75 Å². The van der Waals surface area contributed by atoms with Crippen molar-refractivity contribution in [3.05, 3.63) is 29.3 Å². The van der Waals surface area contributed by atoms with E-state index in [4.69, 9.17) is 15.6 Å². The van der Waals surface area contributed by atoms with Crippen molar-refractivity contribution in [2.24, 2.45) is 5.73 Å². The molecule has 19 heavy (non-hydrogen) atoms. The maximum absolute atomic E-state index is 13.4. The van der Waals surface area contributed by atoms with Gasteiger partial charge in [0.15, 0.2) is 0 Å². The quantitative estimate of drug-likeness (QED) is 0.835. The van der Waals surface area contributed by atoms with Crippen LogP contribution in [-0.4, -0.2) is 18.2 Å². The Kier molecular flexibility index (Phi) is 4.83. The lowest BCUT2D eigenvalue weighted by atomic mass is 9.98. The third-order valence-corrected chi connectivity index (χ3v) is 2.79. The van der Waals surface area contributed by atoms with Gasteiger partial charge in [0.25, 0.3) is 5.92 Å². The first-order valence-electron chi connectivity index (χ1n) is 5.79. The van der Waals surface area contributed by atoms with Crippen molar-refractivity contribution >= 4 is 5.97 Å². The monoisotopic (exact) mass is 273 g/mol. The van der Waals surface area contributed by atoms with Gasteiger partial charge in [-0.05, 0) is 24.1 Å². The number of ether oxygens (including phenoxy) is 1. The second-order valence-corrected chi connectivity index (χ2v) is 4.39. The number of carboxylic acids is 1. The van der Waals surface area contributed by atoms with Crippen LogP contribution in [0.4, 0.5) is 8.78 Å². The summed E-state index contributed by atoms with van der Waals surface area (Å²) in [7, 11) is 1.31. The van der Waals surface area contributed by atoms with Gasteiger partial charge in [-0.25, -0.2) is 8.78 Å². The number of aliphatic carboxylic acids is 1. The molecule has 106 valence electrons. The highest BCUT2D eigenvalue weighted by Crippen LogP contribution is 2.36. The minimum absolute atomic E-state index is 0.0849. The van der Waals surface area contributed by atoms with Crippen molar-refractivity contribution in [2.45, 2.75) is 31.7 Å². The average molecular weight is 273 g/mol. The molecule has 0 saturated heterocycles. The molecule has 1 unspecified atom stereocenters. The van der Waals surface area contributed by atoms with Gasteiger partial charge in [-0.15, -0.1) is 0 Å². The number of hydrogen-bond donors (Lipinski definition) is 2. The molecule has 0 fully saturated rings. The number of halogens is 2. The number of carbonyl (C=O) groups is 1. The van der Waals surface area contributed by atoms with E-state index in [2.05, 4.69) is 0 Å². The van der Waals surface area contributed by atoms with Crippen LogP contribution in [0.2, 0.25) is 0 Å². The Morgan fingerprint density at radius 2 is 2.16 bits per heavy atom. The fourth-order valence-corrected chi connectivity index (χ4v) is 1.74. The van der Waals surface area contributed by atoms with Crippen LogP contribution in [0.3, 0.4) is 0 Å². The zero-order chi connectivity index (χ0) is 14.6. The van der Waals surface area contributed by atoms with E-state index in [-0.39, 0.29) is 24.2 Å². The molecule has 6 heteroatoms. The van der Waals surface area contributed by atoms with Crippen molar-refractivity contribution in [1.29, 1.82) is 0 Å². The molecule has 0 aliphatic rings. The predicted octanol–water partition coefficient (Wildman–Crippen LogP) is 2.67. The molecule has 1 aromatic rings. The molecule has 1 aromatic carbocycles. The fraction of sp³-hybridized carbons (Fsp3) is 0.462. The van der Waals surface area contributed by atoms with Crippen molar-refractivity contribution in [3.8, 4) is 5.75 Å². The molecular formula is C13H17F2NO3. The van der Waals surface area contributed by atoms with E-state index in [9.17, 15) is 13.6 Å². The second kappa shape index (κ2) is 5.97. The molecule has 1 rings (SSSR count). The van der Waals surface area contributed by atoms with E-state index >= 15 is 0 Å². The largest absolute Gasteiger partial charge is 0.496 e. The predicted molar refractivity (Wildman–Crippen MR) is 66.4 cm³/mol. The standard InChI is InChI=1S/C13H17F2NO3/c1-13(14,15)9-7-8(3-5-11(9)19-2)10(16)4-6-12(17)18/h3,5,7,10H,4,6,16H2,1-2H3,(H,17,18). The molecule has 0 saturated carbocycles. The number of hydrogen-bond acceptors (Lipinski definition) is 3. The number of alkyl halides is 2. The Hall–Kier alpha value is -1.69. The molecule has 0 aromatic heterocycles. The Morgan fingerprint density at radius 1 is 1.53 bits per heavy atom. The number of nitrogens with two attached hydrogens (primary N) is 1. The number of benzene rings is 1. The Labute approximate surface area is 110 Å². The van der Waals surface area contributed by atoms with E-state index in [0.717, 1.165) is 6.92 Å². The minimum Gasteiger partial charge on any atom is -0.496 e. The third-order valence-electron chi connectivity index (χ3n) is 2.79. The summed E-state index contributed by atoms with van der Waals surface area (Å²) in [5.41, 5.74) is 6.02. The highest BCUT2D eigenvalue weighted by atomic mass is 19.3. The average Bonchev–Trinajstić information content (AvgIpc) is 2.34. The van der Waals surface area contributed by atoms with E-state index in [1.54, 1.807) is 6.07 Å². The number of carboxylic acid groups (broad SMARTS) is 1. The lowest BCUT2D eigenvalue weighted by Crippen LogP contribution is -2.15. The Bertz CT molecular complexity index is 458. The van der Waals surface area contributed by atoms with Gasteiger partial charge in [0, 0.05) is 19.4 Å². The van der Waals surface area contributed by atoms with Crippen LogP contribution >= 0.6 is 0 Å². The fourth-order valence-electron chi connectivity index (χ4n) is 1.74. The Balaban J connectivity index is 3.01. The van der Waals surface area contributed by atoms with E-state index in [1.807, 2.05) is 0 Å². The van der Waals surface area contributed by atoms with Crippen LogP contribution in [0.15, 0.2) is 18.2 Å². The van der Waals surface area contributed by atoms with Gasteiger partial charge in [-0.2, -0.15) is 0 Å². The second-order valence-electron chi connectivity index (χ2n) is 4.39. The minimum atomic E-state index is -3.05. The first-order valence-corrected chi connectivity index (χ1v) is 5.79. The maximum Gasteiger partial charge on any atom is 0.303 e. The molecule has 0 aliphatic carbocycles. The summed E-state index contributed by atoms with van der Waals surface area (Å²) in [6, 6.07) is 3.66. The van der Waals surface area contributed by atoms with Crippen LogP contribution in [0.5, 0.6) is 5.75 Å². The highest BCUT2D eigenvalue weighted by Gasteiger charge is 2.29. The van der Waals surface area contributed by atoms with E-state index in [0.29, 0.717) is 5.56 Å². The summed E-state index contributed by atoms with van der Waals surface area (Å²) in [4.78, 5) is 10.5.